The SMILES string of the molecule is CC(O)C1CCN(Cc2cc(F)cc(/C=C/C(=O)O)c2)C1. The molecular formula is C16H20FNO3. The van der Waals surface area contributed by atoms with Crippen LogP contribution in [0.4, 0.5) is 4.39 Å². The lowest BCUT2D eigenvalue weighted by Crippen LogP contribution is -2.24. The number of nitrogens with zero attached hydrogens (tertiary/aromatic N) is 1. The number of carboxylic acid groups (broad SMARTS) is 1. The summed E-state index contributed by atoms with van der Waals surface area (Å²) in [4.78, 5) is 12.7. The molecule has 2 rings (SSSR count). The molecule has 114 valence electrons. The van der Waals surface area contributed by atoms with E-state index in [1.807, 2.05) is 0 Å². The standard InChI is InChI=1S/C16H20FNO3/c1-11(19)14-4-5-18(10-14)9-13-6-12(2-3-16(20)21)7-15(17)8-13/h2-3,6-8,11,14,19H,4-5,9-10H2,1H3,(H,20,21)/b3-2+. The largest absolute Gasteiger partial charge is 0.478 e. The second-order valence-corrected chi connectivity index (χ2v) is 5.59. The Morgan fingerprint density at radius 2 is 2.29 bits per heavy atom. The van der Waals surface area contributed by atoms with E-state index < -0.39 is 5.97 Å². The fourth-order valence-corrected chi connectivity index (χ4v) is 2.69. The molecule has 2 atom stereocenters. The molecule has 2 N–H and O–H groups in total. The van der Waals surface area contributed by atoms with Crippen molar-refractivity contribution in [1.29, 1.82) is 0 Å². The number of carbonyl (C=O) groups is 1. The zero-order valence-corrected chi connectivity index (χ0v) is 12.0. The van der Waals surface area contributed by atoms with E-state index in [2.05, 4.69) is 4.90 Å². The lowest BCUT2D eigenvalue weighted by atomic mass is 10.0. The Labute approximate surface area is 123 Å². The first kappa shape index (κ1) is 15.7. The normalized spacial score (nSPS) is 21.0. The Morgan fingerprint density at radius 1 is 1.52 bits per heavy atom. The first-order valence-corrected chi connectivity index (χ1v) is 7.05. The van der Waals surface area contributed by atoms with Gasteiger partial charge in [0.2, 0.25) is 0 Å². The predicted octanol–water partition coefficient (Wildman–Crippen LogP) is 2.13. The van der Waals surface area contributed by atoms with Crippen molar-refractivity contribution in [2.45, 2.75) is 26.0 Å². The Kier molecular flexibility index (Phi) is 5.09. The van der Waals surface area contributed by atoms with Gasteiger partial charge < -0.3 is 10.2 Å². The van der Waals surface area contributed by atoms with E-state index in [0.717, 1.165) is 31.1 Å². The van der Waals surface area contributed by atoms with Crippen LogP contribution in [0.15, 0.2) is 24.3 Å². The summed E-state index contributed by atoms with van der Waals surface area (Å²) in [6.07, 6.45) is 3.00. The summed E-state index contributed by atoms with van der Waals surface area (Å²) >= 11 is 0. The van der Waals surface area contributed by atoms with E-state index in [1.165, 1.54) is 18.2 Å². The van der Waals surface area contributed by atoms with Gasteiger partial charge in [0, 0.05) is 19.2 Å². The predicted molar refractivity (Wildman–Crippen MR) is 78.1 cm³/mol. The number of halogens is 1. The van der Waals surface area contributed by atoms with Crippen molar-refractivity contribution < 1.29 is 19.4 Å². The third-order valence-corrected chi connectivity index (χ3v) is 3.80. The zero-order chi connectivity index (χ0) is 15.4. The number of likely N-dealkylation sites (tertiary alicyclic amines) is 1. The average Bonchev–Trinajstić information content (AvgIpc) is 2.84. The van der Waals surface area contributed by atoms with Crippen molar-refractivity contribution >= 4 is 12.0 Å². The van der Waals surface area contributed by atoms with Crippen molar-refractivity contribution in [3.63, 3.8) is 0 Å². The highest BCUT2D eigenvalue weighted by atomic mass is 19.1. The van der Waals surface area contributed by atoms with Gasteiger partial charge in [-0.25, -0.2) is 9.18 Å². The summed E-state index contributed by atoms with van der Waals surface area (Å²) < 4.78 is 13.6. The van der Waals surface area contributed by atoms with E-state index in [1.54, 1.807) is 13.0 Å². The van der Waals surface area contributed by atoms with Crippen LogP contribution >= 0.6 is 0 Å². The second kappa shape index (κ2) is 6.83. The van der Waals surface area contributed by atoms with Crippen LogP contribution in [0.25, 0.3) is 6.08 Å². The molecule has 1 saturated heterocycles. The Hall–Kier alpha value is -1.72. The highest BCUT2D eigenvalue weighted by Crippen LogP contribution is 2.22. The Balaban J connectivity index is 2.05. The van der Waals surface area contributed by atoms with Gasteiger partial charge in [0.25, 0.3) is 0 Å². The lowest BCUT2D eigenvalue weighted by molar-refractivity contribution is -0.131. The number of aliphatic hydroxyl groups is 1. The van der Waals surface area contributed by atoms with Crippen LogP contribution in [0.3, 0.4) is 0 Å². The minimum atomic E-state index is -1.06. The molecule has 1 aliphatic heterocycles. The van der Waals surface area contributed by atoms with Gasteiger partial charge >= 0.3 is 5.97 Å². The second-order valence-electron chi connectivity index (χ2n) is 5.59. The molecule has 1 aromatic carbocycles. The van der Waals surface area contributed by atoms with Crippen LogP contribution in [0, 0.1) is 11.7 Å². The molecular weight excluding hydrogens is 273 g/mol. The van der Waals surface area contributed by atoms with Crippen LogP contribution in [-0.2, 0) is 11.3 Å². The van der Waals surface area contributed by atoms with Gasteiger partial charge in [0.05, 0.1) is 6.10 Å². The highest BCUT2D eigenvalue weighted by molar-refractivity contribution is 5.85. The minimum absolute atomic E-state index is 0.268. The van der Waals surface area contributed by atoms with Crippen LogP contribution in [0.2, 0.25) is 0 Å². The summed E-state index contributed by atoms with van der Waals surface area (Å²) in [7, 11) is 0. The molecule has 1 fully saturated rings. The number of rotatable bonds is 5. The van der Waals surface area contributed by atoms with Crippen molar-refractivity contribution in [2.75, 3.05) is 13.1 Å². The topological polar surface area (TPSA) is 60.8 Å². The van der Waals surface area contributed by atoms with Crippen LogP contribution in [0.5, 0.6) is 0 Å². The van der Waals surface area contributed by atoms with Gasteiger partial charge in [-0.2, -0.15) is 0 Å². The maximum Gasteiger partial charge on any atom is 0.328 e. The molecule has 4 nitrogen and oxygen atoms in total. The first-order valence-electron chi connectivity index (χ1n) is 7.05. The average molecular weight is 293 g/mol. The number of hydrogen-bond acceptors (Lipinski definition) is 3. The van der Waals surface area contributed by atoms with Gasteiger partial charge in [-0.3, -0.25) is 4.90 Å². The van der Waals surface area contributed by atoms with Gasteiger partial charge in [0.1, 0.15) is 5.82 Å². The van der Waals surface area contributed by atoms with Crippen molar-refractivity contribution in [3.8, 4) is 0 Å². The van der Waals surface area contributed by atoms with E-state index in [0.29, 0.717) is 12.1 Å². The van der Waals surface area contributed by atoms with E-state index >= 15 is 0 Å². The number of benzene rings is 1. The molecule has 5 heteroatoms. The Morgan fingerprint density at radius 3 is 2.90 bits per heavy atom. The summed E-state index contributed by atoms with van der Waals surface area (Å²) in [6, 6.07) is 4.57. The first-order chi connectivity index (χ1) is 9.94. The quantitative estimate of drug-likeness (QED) is 0.816. The smallest absolute Gasteiger partial charge is 0.328 e. The van der Waals surface area contributed by atoms with Gasteiger partial charge in [-0.1, -0.05) is 6.07 Å². The van der Waals surface area contributed by atoms with Crippen LogP contribution < -0.4 is 0 Å². The molecule has 2 unspecified atom stereocenters. The molecule has 0 aromatic heterocycles. The number of aliphatic carboxylic acids is 1. The molecule has 0 saturated carbocycles. The maximum atomic E-state index is 13.6. The molecule has 0 radical (unpaired) electrons. The lowest BCUT2D eigenvalue weighted by Gasteiger charge is -2.17. The fraction of sp³-hybridized carbons (Fsp3) is 0.438. The molecule has 21 heavy (non-hydrogen) atoms. The summed E-state index contributed by atoms with van der Waals surface area (Å²) in [6.45, 7) is 4.08. The summed E-state index contributed by atoms with van der Waals surface area (Å²) in [5.41, 5.74) is 1.35. The molecule has 0 bridgehead atoms. The van der Waals surface area contributed by atoms with Gasteiger partial charge in [-0.05, 0) is 55.1 Å². The minimum Gasteiger partial charge on any atom is -0.478 e. The Bertz CT molecular complexity index is 542. The molecule has 1 aromatic rings. The van der Waals surface area contributed by atoms with Crippen molar-refractivity contribution in [1.82, 2.24) is 4.90 Å². The van der Waals surface area contributed by atoms with Crippen molar-refractivity contribution in [3.05, 3.63) is 41.2 Å². The van der Waals surface area contributed by atoms with E-state index in [9.17, 15) is 14.3 Å². The molecule has 0 amide bonds. The van der Waals surface area contributed by atoms with Gasteiger partial charge in [0.15, 0.2) is 0 Å². The molecule has 0 aliphatic carbocycles. The number of aliphatic hydroxyl groups excluding tert-OH is 1. The summed E-state index contributed by atoms with van der Waals surface area (Å²) in [5.74, 6) is -1.16. The molecule has 1 heterocycles. The monoisotopic (exact) mass is 293 g/mol. The highest BCUT2D eigenvalue weighted by Gasteiger charge is 2.25. The van der Waals surface area contributed by atoms with E-state index in [4.69, 9.17) is 5.11 Å². The summed E-state index contributed by atoms with van der Waals surface area (Å²) in [5, 5.41) is 18.2. The van der Waals surface area contributed by atoms with Crippen LogP contribution in [-0.4, -0.2) is 40.3 Å². The molecule has 1 aliphatic rings. The number of hydrogen-bond donors (Lipinski definition) is 2. The zero-order valence-electron chi connectivity index (χ0n) is 12.0. The maximum absolute atomic E-state index is 13.6. The molecule has 0 spiro atoms. The third kappa shape index (κ3) is 4.65. The fourth-order valence-electron chi connectivity index (χ4n) is 2.69. The third-order valence-electron chi connectivity index (χ3n) is 3.80. The number of carboxylic acids is 1. The van der Waals surface area contributed by atoms with Crippen LogP contribution in [0.1, 0.15) is 24.5 Å². The van der Waals surface area contributed by atoms with Crippen molar-refractivity contribution in [2.24, 2.45) is 5.92 Å². The van der Waals surface area contributed by atoms with Gasteiger partial charge in [-0.15, -0.1) is 0 Å². The van der Waals surface area contributed by atoms with E-state index in [-0.39, 0.29) is 17.8 Å².